The van der Waals surface area contributed by atoms with Crippen molar-refractivity contribution < 1.29 is 0 Å². The second-order valence-corrected chi connectivity index (χ2v) is 5.88. The van der Waals surface area contributed by atoms with E-state index in [-0.39, 0.29) is 0 Å². The molecule has 14 heavy (non-hydrogen) atoms. The SMILES string of the molecule is Cc1ccc(CNc2nc(Br)cs2)s1. The lowest BCUT2D eigenvalue weighted by atomic mass is 10.4. The minimum atomic E-state index is 0.860. The Kier molecular flexibility index (Phi) is 3.20. The lowest BCUT2D eigenvalue weighted by Crippen LogP contribution is -1.95. The summed E-state index contributed by atoms with van der Waals surface area (Å²) in [5.41, 5.74) is 0. The lowest BCUT2D eigenvalue weighted by Gasteiger charge is -1.98. The van der Waals surface area contributed by atoms with Gasteiger partial charge in [-0.3, -0.25) is 0 Å². The van der Waals surface area contributed by atoms with Crippen molar-refractivity contribution in [3.63, 3.8) is 0 Å². The summed E-state index contributed by atoms with van der Waals surface area (Å²) in [6.45, 7) is 2.98. The van der Waals surface area contributed by atoms with Crippen molar-refractivity contribution in [1.82, 2.24) is 4.98 Å². The van der Waals surface area contributed by atoms with E-state index < -0.39 is 0 Å². The maximum atomic E-state index is 4.26. The van der Waals surface area contributed by atoms with E-state index in [4.69, 9.17) is 0 Å². The fourth-order valence-corrected chi connectivity index (χ4v) is 3.05. The van der Waals surface area contributed by atoms with Crippen molar-refractivity contribution in [2.24, 2.45) is 0 Å². The normalized spacial score (nSPS) is 10.4. The number of halogens is 1. The zero-order valence-electron chi connectivity index (χ0n) is 7.58. The molecule has 1 N–H and O–H groups in total. The number of hydrogen-bond acceptors (Lipinski definition) is 4. The standard InChI is InChI=1S/C9H9BrN2S2/c1-6-2-3-7(14-6)4-11-9-12-8(10)5-13-9/h2-3,5H,4H2,1H3,(H,11,12). The summed E-state index contributed by atoms with van der Waals surface area (Å²) in [5, 5.41) is 6.22. The van der Waals surface area contributed by atoms with Gasteiger partial charge in [-0.1, -0.05) is 0 Å². The number of thiophene rings is 1. The van der Waals surface area contributed by atoms with Crippen LogP contribution >= 0.6 is 38.6 Å². The van der Waals surface area contributed by atoms with E-state index >= 15 is 0 Å². The number of aromatic nitrogens is 1. The molecule has 0 aliphatic carbocycles. The molecule has 0 spiro atoms. The molecule has 0 unspecified atom stereocenters. The van der Waals surface area contributed by atoms with Crippen molar-refractivity contribution in [2.45, 2.75) is 13.5 Å². The largest absolute Gasteiger partial charge is 0.357 e. The van der Waals surface area contributed by atoms with Gasteiger partial charge in [0.1, 0.15) is 4.60 Å². The van der Waals surface area contributed by atoms with Crippen molar-refractivity contribution in [3.05, 3.63) is 31.9 Å². The Bertz CT molecular complexity index is 382. The van der Waals surface area contributed by atoms with E-state index in [1.807, 2.05) is 16.7 Å². The second-order valence-electron chi connectivity index (χ2n) is 2.84. The Labute approximate surface area is 99.1 Å². The van der Waals surface area contributed by atoms with E-state index in [2.05, 4.69) is 45.3 Å². The highest BCUT2D eigenvalue weighted by Crippen LogP contribution is 2.21. The molecule has 0 bridgehead atoms. The minimum absolute atomic E-state index is 0.860. The van der Waals surface area contributed by atoms with Crippen LogP contribution in [-0.4, -0.2) is 4.98 Å². The van der Waals surface area contributed by atoms with Gasteiger partial charge in [-0.25, -0.2) is 4.98 Å². The molecule has 2 nitrogen and oxygen atoms in total. The van der Waals surface area contributed by atoms with Gasteiger partial charge in [0.05, 0.1) is 6.54 Å². The maximum absolute atomic E-state index is 4.26. The van der Waals surface area contributed by atoms with E-state index in [0.717, 1.165) is 16.3 Å². The minimum Gasteiger partial charge on any atom is -0.357 e. The fourth-order valence-electron chi connectivity index (χ4n) is 1.08. The lowest BCUT2D eigenvalue weighted by molar-refractivity contribution is 1.16. The quantitative estimate of drug-likeness (QED) is 0.927. The molecule has 0 aliphatic heterocycles. The van der Waals surface area contributed by atoms with E-state index in [0.29, 0.717) is 0 Å². The fraction of sp³-hybridized carbons (Fsp3) is 0.222. The smallest absolute Gasteiger partial charge is 0.184 e. The highest BCUT2D eigenvalue weighted by atomic mass is 79.9. The number of aryl methyl sites for hydroxylation is 1. The summed E-state index contributed by atoms with van der Waals surface area (Å²) in [4.78, 5) is 6.95. The summed E-state index contributed by atoms with van der Waals surface area (Å²) < 4.78 is 0.896. The summed E-state index contributed by atoms with van der Waals surface area (Å²) in [7, 11) is 0. The molecule has 0 aliphatic rings. The van der Waals surface area contributed by atoms with Gasteiger partial charge in [-0.05, 0) is 35.0 Å². The number of thiazole rings is 1. The predicted molar refractivity (Wildman–Crippen MR) is 66.2 cm³/mol. The summed E-state index contributed by atoms with van der Waals surface area (Å²) in [5.74, 6) is 0. The first-order valence-corrected chi connectivity index (χ1v) is 6.63. The molecule has 2 aromatic rings. The molecular formula is C9H9BrN2S2. The number of nitrogens with zero attached hydrogens (tertiary/aromatic N) is 1. The molecule has 0 saturated carbocycles. The Morgan fingerprint density at radius 3 is 2.93 bits per heavy atom. The molecule has 0 atom stereocenters. The van der Waals surface area contributed by atoms with Crippen molar-refractivity contribution >= 4 is 43.7 Å². The van der Waals surface area contributed by atoms with Gasteiger partial charge >= 0.3 is 0 Å². The topological polar surface area (TPSA) is 24.9 Å². The van der Waals surface area contributed by atoms with E-state index in [1.54, 1.807) is 11.3 Å². The molecule has 2 aromatic heterocycles. The van der Waals surface area contributed by atoms with Crippen LogP contribution in [0.5, 0.6) is 0 Å². The van der Waals surface area contributed by atoms with E-state index in [1.165, 1.54) is 9.75 Å². The van der Waals surface area contributed by atoms with Gasteiger partial charge < -0.3 is 5.32 Å². The van der Waals surface area contributed by atoms with Crippen LogP contribution in [0.1, 0.15) is 9.75 Å². The van der Waals surface area contributed by atoms with Gasteiger partial charge in [-0.15, -0.1) is 22.7 Å². The average molecular weight is 289 g/mol. The van der Waals surface area contributed by atoms with Crippen LogP contribution in [-0.2, 0) is 6.54 Å². The van der Waals surface area contributed by atoms with E-state index in [9.17, 15) is 0 Å². The maximum Gasteiger partial charge on any atom is 0.184 e. The average Bonchev–Trinajstić information content (AvgIpc) is 2.72. The first-order valence-electron chi connectivity index (χ1n) is 4.14. The van der Waals surface area contributed by atoms with Gasteiger partial charge in [0, 0.05) is 15.1 Å². The third-order valence-electron chi connectivity index (χ3n) is 1.69. The van der Waals surface area contributed by atoms with Crippen LogP contribution in [0, 0.1) is 6.92 Å². The summed E-state index contributed by atoms with van der Waals surface area (Å²) in [6.07, 6.45) is 0. The molecule has 74 valence electrons. The zero-order valence-corrected chi connectivity index (χ0v) is 10.8. The van der Waals surface area contributed by atoms with Crippen LogP contribution in [0.15, 0.2) is 22.1 Å². The predicted octanol–water partition coefficient (Wildman–Crippen LogP) is 3.89. The molecule has 0 saturated heterocycles. The van der Waals surface area contributed by atoms with Crippen LogP contribution < -0.4 is 5.32 Å². The Morgan fingerprint density at radius 1 is 1.50 bits per heavy atom. The number of hydrogen-bond donors (Lipinski definition) is 1. The third kappa shape index (κ3) is 2.56. The molecule has 0 aromatic carbocycles. The highest BCUT2D eigenvalue weighted by Gasteiger charge is 2.00. The molecule has 2 heterocycles. The zero-order chi connectivity index (χ0) is 9.97. The van der Waals surface area contributed by atoms with Crippen molar-refractivity contribution in [3.8, 4) is 0 Å². The van der Waals surface area contributed by atoms with Gasteiger partial charge in [-0.2, -0.15) is 0 Å². The molecular weight excluding hydrogens is 280 g/mol. The summed E-state index contributed by atoms with van der Waals surface area (Å²) >= 11 is 6.75. The Morgan fingerprint density at radius 2 is 2.36 bits per heavy atom. The second kappa shape index (κ2) is 4.42. The van der Waals surface area contributed by atoms with Crippen LogP contribution in [0.2, 0.25) is 0 Å². The van der Waals surface area contributed by atoms with Gasteiger partial charge in [0.2, 0.25) is 0 Å². The number of rotatable bonds is 3. The van der Waals surface area contributed by atoms with Crippen LogP contribution in [0.3, 0.4) is 0 Å². The number of anilines is 1. The third-order valence-corrected chi connectivity index (χ3v) is 4.20. The highest BCUT2D eigenvalue weighted by molar-refractivity contribution is 9.10. The van der Waals surface area contributed by atoms with Crippen molar-refractivity contribution in [1.29, 1.82) is 0 Å². The first kappa shape index (κ1) is 10.1. The van der Waals surface area contributed by atoms with Gasteiger partial charge in [0.15, 0.2) is 5.13 Å². The molecule has 0 fully saturated rings. The number of nitrogens with one attached hydrogen (secondary N) is 1. The molecule has 0 amide bonds. The molecule has 5 heteroatoms. The monoisotopic (exact) mass is 288 g/mol. The first-order chi connectivity index (χ1) is 6.74. The van der Waals surface area contributed by atoms with Gasteiger partial charge in [0.25, 0.3) is 0 Å². The molecule has 0 radical (unpaired) electrons. The Balaban J connectivity index is 1.94. The van der Waals surface area contributed by atoms with Crippen molar-refractivity contribution in [2.75, 3.05) is 5.32 Å². The van der Waals surface area contributed by atoms with Crippen LogP contribution in [0.4, 0.5) is 5.13 Å². The van der Waals surface area contributed by atoms with Crippen LogP contribution in [0.25, 0.3) is 0 Å². The molecule has 2 rings (SSSR count). The summed E-state index contributed by atoms with van der Waals surface area (Å²) in [6, 6.07) is 4.29. The Hall–Kier alpha value is -0.390.